The molecule has 3 atom stereocenters. The Morgan fingerprint density at radius 2 is 1.62 bits per heavy atom. The average molecular weight is 542 g/mol. The van der Waals surface area contributed by atoms with Gasteiger partial charge in [-0.2, -0.15) is 5.10 Å². The number of allylic oxidation sites excluding steroid dienone is 2. The quantitative estimate of drug-likeness (QED) is 0.405. The van der Waals surface area contributed by atoms with Crippen molar-refractivity contribution in [2.45, 2.75) is 69.9 Å². The van der Waals surface area contributed by atoms with E-state index in [1.165, 1.54) is 12.8 Å². The summed E-state index contributed by atoms with van der Waals surface area (Å²) >= 11 is 0. The van der Waals surface area contributed by atoms with Crippen LogP contribution in [0, 0.1) is 11.8 Å². The fraction of sp³-hybridized carbons (Fsp3) is 0.485. The van der Waals surface area contributed by atoms with Gasteiger partial charge in [-0.25, -0.2) is 5.01 Å². The maximum Gasteiger partial charge on any atom is 0.253 e. The van der Waals surface area contributed by atoms with Crippen LogP contribution in [-0.2, 0) is 4.79 Å². The third-order valence-corrected chi connectivity index (χ3v) is 9.10. The molecule has 2 aliphatic carbocycles. The first kappa shape index (κ1) is 26.8. The highest BCUT2D eigenvalue weighted by Gasteiger charge is 2.42. The molecule has 210 valence electrons. The molecule has 1 saturated heterocycles. The number of carbonyl (C=O) groups excluding carboxylic acids is 2. The molecule has 0 unspecified atom stereocenters. The Balaban J connectivity index is 1.34. The zero-order valence-corrected chi connectivity index (χ0v) is 23.3. The van der Waals surface area contributed by atoms with Gasteiger partial charge in [0.2, 0.25) is 5.91 Å². The number of hydrazone groups is 1. The zero-order chi connectivity index (χ0) is 27.6. The van der Waals surface area contributed by atoms with Crippen molar-refractivity contribution in [1.82, 2.24) is 9.91 Å². The van der Waals surface area contributed by atoms with Crippen molar-refractivity contribution in [3.05, 3.63) is 65.7 Å². The molecule has 40 heavy (non-hydrogen) atoms. The fourth-order valence-electron chi connectivity index (χ4n) is 6.83. The number of amides is 2. The molecule has 0 radical (unpaired) electrons. The number of ether oxygens (including phenoxy) is 1. The number of methoxy groups -OCH3 is 1. The summed E-state index contributed by atoms with van der Waals surface area (Å²) in [5, 5.41) is 16.8. The molecule has 4 aliphatic rings. The van der Waals surface area contributed by atoms with Gasteiger partial charge in [0.1, 0.15) is 5.75 Å². The molecular formula is C33H39N3O4. The highest BCUT2D eigenvalue weighted by Crippen LogP contribution is 2.39. The van der Waals surface area contributed by atoms with Crippen molar-refractivity contribution in [2.24, 2.45) is 16.9 Å². The summed E-state index contributed by atoms with van der Waals surface area (Å²) in [6, 6.07) is 14.0. The van der Waals surface area contributed by atoms with E-state index in [0.717, 1.165) is 66.7 Å². The molecule has 2 aromatic rings. The molecule has 2 aliphatic heterocycles. The molecule has 1 saturated carbocycles. The normalized spacial score (nSPS) is 25.4. The van der Waals surface area contributed by atoms with Crippen molar-refractivity contribution in [1.29, 1.82) is 0 Å². The van der Waals surface area contributed by atoms with Crippen molar-refractivity contribution < 1.29 is 19.4 Å². The maximum atomic E-state index is 13.7. The number of hydrogen-bond acceptors (Lipinski definition) is 5. The Labute approximate surface area is 236 Å². The summed E-state index contributed by atoms with van der Waals surface area (Å²) in [5.41, 5.74) is 4.49. The summed E-state index contributed by atoms with van der Waals surface area (Å²) < 4.78 is 5.75. The second kappa shape index (κ2) is 11.6. The zero-order valence-electron chi connectivity index (χ0n) is 23.3. The van der Waals surface area contributed by atoms with E-state index in [1.54, 1.807) is 12.0 Å². The lowest BCUT2D eigenvalue weighted by molar-refractivity contribution is -0.140. The number of carbonyl (C=O) groups is 2. The molecule has 6 rings (SSSR count). The third kappa shape index (κ3) is 5.19. The van der Waals surface area contributed by atoms with Crippen molar-refractivity contribution in [3.63, 3.8) is 0 Å². The van der Waals surface area contributed by atoms with Gasteiger partial charge in [0, 0.05) is 30.1 Å². The lowest BCUT2D eigenvalue weighted by Crippen LogP contribution is -2.49. The van der Waals surface area contributed by atoms with Gasteiger partial charge in [0.05, 0.1) is 30.9 Å². The Bertz CT molecular complexity index is 1310. The number of fused-ring (bicyclic) bond motifs is 1. The van der Waals surface area contributed by atoms with Gasteiger partial charge in [0.25, 0.3) is 5.91 Å². The standard InChI is InChI=1S/C33H39N3O4/c1-40-30-17-16-24(20-29(30)22-12-14-23(15-13-22)32(38)35-19-18-26(37)21-35)31-27-10-6-7-11-28(27)33(39)36(34-31)25-8-4-2-3-5-9-25/h6-7,12-17,20,25-28,37H,2-5,8-11,18-19,21H2,1H3/t26-,27+,28-/m1/s1. The summed E-state index contributed by atoms with van der Waals surface area (Å²) in [4.78, 5) is 28.3. The Kier molecular flexibility index (Phi) is 7.74. The van der Waals surface area contributed by atoms with Crippen LogP contribution in [0.1, 0.15) is 73.7 Å². The van der Waals surface area contributed by atoms with Crippen LogP contribution >= 0.6 is 0 Å². The molecule has 2 heterocycles. The lowest BCUT2D eigenvalue weighted by Gasteiger charge is -2.40. The SMILES string of the molecule is COc1ccc(C2=NN(C3CCCCCC3)C(=O)[C@@H]3CC=CC[C@H]23)cc1-c1ccc(C(=O)N2CC[C@@H](O)C2)cc1. The molecule has 7 heteroatoms. The van der Waals surface area contributed by atoms with E-state index in [9.17, 15) is 14.7 Å². The second-order valence-electron chi connectivity index (χ2n) is 11.7. The number of hydrogen-bond donors (Lipinski definition) is 1. The molecule has 2 amide bonds. The van der Waals surface area contributed by atoms with Gasteiger partial charge in [-0.05, 0) is 73.6 Å². The number of aliphatic hydroxyl groups excluding tert-OH is 1. The largest absolute Gasteiger partial charge is 0.496 e. The first-order valence-corrected chi connectivity index (χ1v) is 14.9. The Morgan fingerprint density at radius 1 is 0.925 bits per heavy atom. The second-order valence-corrected chi connectivity index (χ2v) is 11.7. The van der Waals surface area contributed by atoms with Crippen LogP contribution in [0.4, 0.5) is 0 Å². The summed E-state index contributed by atoms with van der Waals surface area (Å²) in [6.07, 6.45) is 12.9. The van der Waals surface area contributed by atoms with E-state index < -0.39 is 6.10 Å². The average Bonchev–Trinajstić information content (AvgIpc) is 3.25. The maximum absolute atomic E-state index is 13.7. The number of β-amino-alcohol motifs (C(OH)–C–C–N with tert-alkyl or cyclic N) is 1. The molecule has 0 spiro atoms. The number of nitrogens with zero attached hydrogens (tertiary/aromatic N) is 3. The Morgan fingerprint density at radius 3 is 2.30 bits per heavy atom. The van der Waals surface area contributed by atoms with Gasteiger partial charge in [0.15, 0.2) is 0 Å². The summed E-state index contributed by atoms with van der Waals surface area (Å²) in [5.74, 6) is 0.875. The molecular weight excluding hydrogens is 502 g/mol. The fourth-order valence-corrected chi connectivity index (χ4v) is 6.83. The van der Waals surface area contributed by atoms with E-state index in [4.69, 9.17) is 9.84 Å². The van der Waals surface area contributed by atoms with Crippen LogP contribution < -0.4 is 4.74 Å². The van der Waals surface area contributed by atoms with Crippen LogP contribution in [0.3, 0.4) is 0 Å². The van der Waals surface area contributed by atoms with Gasteiger partial charge >= 0.3 is 0 Å². The minimum absolute atomic E-state index is 0.0555. The van der Waals surface area contributed by atoms with Crippen LogP contribution in [0.2, 0.25) is 0 Å². The Hall–Kier alpha value is -3.45. The van der Waals surface area contributed by atoms with Crippen LogP contribution in [0.25, 0.3) is 11.1 Å². The topological polar surface area (TPSA) is 82.4 Å². The molecule has 1 N–H and O–H groups in total. The van der Waals surface area contributed by atoms with Gasteiger partial charge in [-0.3, -0.25) is 9.59 Å². The highest BCUT2D eigenvalue weighted by atomic mass is 16.5. The number of likely N-dealkylation sites (tertiary alicyclic amines) is 1. The third-order valence-electron chi connectivity index (χ3n) is 9.10. The monoisotopic (exact) mass is 541 g/mol. The molecule has 2 fully saturated rings. The number of aliphatic hydroxyl groups is 1. The van der Waals surface area contributed by atoms with Gasteiger partial charge in [-0.1, -0.05) is 50.0 Å². The summed E-state index contributed by atoms with van der Waals surface area (Å²) in [6.45, 7) is 0.966. The first-order chi connectivity index (χ1) is 19.5. The molecule has 2 aromatic carbocycles. The van der Waals surface area contributed by atoms with E-state index in [1.807, 2.05) is 35.3 Å². The smallest absolute Gasteiger partial charge is 0.253 e. The summed E-state index contributed by atoms with van der Waals surface area (Å²) in [7, 11) is 1.67. The molecule has 0 aromatic heterocycles. The minimum Gasteiger partial charge on any atom is -0.496 e. The van der Waals surface area contributed by atoms with E-state index >= 15 is 0 Å². The van der Waals surface area contributed by atoms with Gasteiger partial charge < -0.3 is 14.7 Å². The van der Waals surface area contributed by atoms with Crippen molar-refractivity contribution >= 4 is 17.5 Å². The molecule has 7 nitrogen and oxygen atoms in total. The van der Waals surface area contributed by atoms with Crippen molar-refractivity contribution in [3.8, 4) is 16.9 Å². The lowest BCUT2D eigenvalue weighted by atomic mass is 9.76. The van der Waals surface area contributed by atoms with E-state index in [2.05, 4.69) is 24.3 Å². The van der Waals surface area contributed by atoms with Gasteiger partial charge in [-0.15, -0.1) is 0 Å². The van der Waals surface area contributed by atoms with Crippen molar-refractivity contribution in [2.75, 3.05) is 20.2 Å². The predicted octanol–water partition coefficient (Wildman–Crippen LogP) is 5.42. The van der Waals surface area contributed by atoms with Crippen LogP contribution in [0.5, 0.6) is 5.75 Å². The predicted molar refractivity (Wildman–Crippen MR) is 155 cm³/mol. The van der Waals surface area contributed by atoms with E-state index in [0.29, 0.717) is 25.1 Å². The number of benzene rings is 2. The minimum atomic E-state index is -0.439. The first-order valence-electron chi connectivity index (χ1n) is 14.9. The molecule has 0 bridgehead atoms. The van der Waals surface area contributed by atoms with Crippen LogP contribution in [-0.4, -0.2) is 64.9 Å². The van der Waals surface area contributed by atoms with Crippen LogP contribution in [0.15, 0.2) is 59.7 Å². The highest BCUT2D eigenvalue weighted by molar-refractivity contribution is 6.08. The van der Waals surface area contributed by atoms with E-state index in [-0.39, 0.29) is 29.7 Å². The number of rotatable bonds is 5.